The van der Waals surface area contributed by atoms with Crippen LogP contribution in [-0.4, -0.2) is 64.6 Å². The van der Waals surface area contributed by atoms with E-state index in [1.54, 1.807) is 15.9 Å². The van der Waals surface area contributed by atoms with Gasteiger partial charge in [0.15, 0.2) is 0 Å². The van der Waals surface area contributed by atoms with Crippen LogP contribution in [-0.2, 0) is 17.6 Å². The summed E-state index contributed by atoms with van der Waals surface area (Å²) in [5.41, 5.74) is 2.63. The summed E-state index contributed by atoms with van der Waals surface area (Å²) in [7, 11) is 0. The van der Waals surface area contributed by atoms with E-state index in [0.717, 1.165) is 43.7 Å². The predicted molar refractivity (Wildman–Crippen MR) is 115 cm³/mol. The van der Waals surface area contributed by atoms with Crippen molar-refractivity contribution in [3.05, 3.63) is 59.0 Å². The van der Waals surface area contributed by atoms with Crippen molar-refractivity contribution in [3.63, 3.8) is 0 Å². The zero-order valence-corrected chi connectivity index (χ0v) is 17.4. The van der Waals surface area contributed by atoms with Crippen molar-refractivity contribution in [2.75, 3.05) is 38.0 Å². The number of amides is 2. The van der Waals surface area contributed by atoms with Gasteiger partial charge in [0.05, 0.1) is 5.92 Å². The van der Waals surface area contributed by atoms with Crippen molar-refractivity contribution in [2.24, 2.45) is 0 Å². The highest BCUT2D eigenvalue weighted by Gasteiger charge is 2.32. The fourth-order valence-electron chi connectivity index (χ4n) is 4.24. The first-order valence-electron chi connectivity index (χ1n) is 10.8. The smallest absolute Gasteiger partial charge is 0.320 e. The summed E-state index contributed by atoms with van der Waals surface area (Å²) < 4.78 is 13.5. The summed E-state index contributed by atoms with van der Waals surface area (Å²) in [4.78, 5) is 32.5. The molecule has 0 radical (unpaired) electrons. The molecular formula is C23H27FN4O3. The molecule has 3 heterocycles. The zero-order valence-electron chi connectivity index (χ0n) is 17.4. The number of hydrogen-bond acceptors (Lipinski definition) is 4. The average Bonchev–Trinajstić information content (AvgIpc) is 3.11. The molecule has 0 aliphatic carbocycles. The number of carbonyl (C=O) groups is 2. The van der Waals surface area contributed by atoms with Crippen molar-refractivity contribution in [3.8, 4) is 0 Å². The molecule has 2 aromatic rings. The van der Waals surface area contributed by atoms with E-state index in [9.17, 15) is 19.1 Å². The largest absolute Gasteiger partial charge is 0.481 e. The van der Waals surface area contributed by atoms with Crippen LogP contribution >= 0.6 is 0 Å². The Morgan fingerprint density at radius 1 is 1.23 bits per heavy atom. The number of anilines is 1. The predicted octanol–water partition coefficient (Wildman–Crippen LogP) is 3.12. The Labute approximate surface area is 180 Å². The van der Waals surface area contributed by atoms with E-state index in [2.05, 4.69) is 22.4 Å². The number of fused-ring (bicyclic) bond motifs is 1. The van der Waals surface area contributed by atoms with Gasteiger partial charge in [-0.15, -0.1) is 0 Å². The number of nitrogens with zero attached hydrogens (tertiary/aromatic N) is 3. The third kappa shape index (κ3) is 4.95. The van der Waals surface area contributed by atoms with Crippen molar-refractivity contribution in [2.45, 2.75) is 31.6 Å². The molecule has 0 spiro atoms. The second-order valence-electron chi connectivity index (χ2n) is 8.11. The molecule has 4 rings (SSSR count). The van der Waals surface area contributed by atoms with Gasteiger partial charge in [0.25, 0.3) is 0 Å². The van der Waals surface area contributed by atoms with Crippen LogP contribution in [0.1, 0.15) is 35.6 Å². The van der Waals surface area contributed by atoms with Gasteiger partial charge in [0.1, 0.15) is 11.6 Å². The Hall–Kier alpha value is -3.16. The number of hydrogen-bond donors (Lipinski definition) is 2. The molecule has 7 nitrogen and oxygen atoms in total. The maximum atomic E-state index is 13.5. The first-order chi connectivity index (χ1) is 15.0. The summed E-state index contributed by atoms with van der Waals surface area (Å²) in [5, 5.41) is 12.9. The Kier molecular flexibility index (Phi) is 6.34. The van der Waals surface area contributed by atoms with E-state index >= 15 is 0 Å². The summed E-state index contributed by atoms with van der Waals surface area (Å²) >= 11 is 0. The molecule has 2 aliphatic heterocycles. The van der Waals surface area contributed by atoms with Gasteiger partial charge in [-0.25, -0.2) is 14.2 Å². The number of rotatable bonds is 8. The average molecular weight is 426 g/mol. The van der Waals surface area contributed by atoms with E-state index in [-0.39, 0.29) is 12.6 Å². The highest BCUT2D eigenvalue weighted by atomic mass is 19.1. The number of urea groups is 1. The SMILES string of the molecule is O=C(O)[C@H](CN1CCN(CCCc2ccc3c(n2)NCCC3)C1=O)c1cccc(F)c1. The first-order valence-corrected chi connectivity index (χ1v) is 10.8. The summed E-state index contributed by atoms with van der Waals surface area (Å²) in [6, 6.07) is 9.59. The van der Waals surface area contributed by atoms with Gasteiger partial charge in [-0.3, -0.25) is 4.79 Å². The third-order valence-corrected chi connectivity index (χ3v) is 5.95. The minimum Gasteiger partial charge on any atom is -0.481 e. The summed E-state index contributed by atoms with van der Waals surface area (Å²) in [6.45, 7) is 2.62. The molecule has 2 aliphatic rings. The molecule has 1 aromatic heterocycles. The van der Waals surface area contributed by atoms with E-state index in [0.29, 0.717) is 25.2 Å². The van der Waals surface area contributed by atoms with E-state index in [1.807, 2.05) is 0 Å². The van der Waals surface area contributed by atoms with Gasteiger partial charge in [-0.05, 0) is 55.0 Å². The maximum absolute atomic E-state index is 13.5. The minimum atomic E-state index is -1.07. The Bertz CT molecular complexity index is 968. The Morgan fingerprint density at radius 2 is 2.06 bits per heavy atom. The molecule has 8 heteroatoms. The first kappa shape index (κ1) is 21.1. The second kappa shape index (κ2) is 9.32. The molecule has 1 saturated heterocycles. The lowest BCUT2D eigenvalue weighted by Gasteiger charge is -2.22. The molecule has 0 bridgehead atoms. The molecule has 2 N–H and O–H groups in total. The van der Waals surface area contributed by atoms with E-state index in [1.165, 1.54) is 23.8 Å². The summed E-state index contributed by atoms with van der Waals surface area (Å²) in [5.74, 6) is -1.52. The van der Waals surface area contributed by atoms with Crippen LogP contribution in [0.2, 0.25) is 0 Å². The van der Waals surface area contributed by atoms with Crippen LogP contribution in [0.15, 0.2) is 36.4 Å². The zero-order chi connectivity index (χ0) is 21.8. The number of nitrogens with one attached hydrogen (secondary N) is 1. The van der Waals surface area contributed by atoms with Crippen LogP contribution in [0.3, 0.4) is 0 Å². The molecule has 1 fully saturated rings. The van der Waals surface area contributed by atoms with E-state index < -0.39 is 17.7 Å². The van der Waals surface area contributed by atoms with Crippen LogP contribution in [0.25, 0.3) is 0 Å². The highest BCUT2D eigenvalue weighted by molar-refractivity contribution is 5.80. The van der Waals surface area contributed by atoms with E-state index in [4.69, 9.17) is 0 Å². The van der Waals surface area contributed by atoms with Gasteiger partial charge in [0, 0.05) is 38.4 Å². The maximum Gasteiger partial charge on any atom is 0.320 e. The van der Waals surface area contributed by atoms with Crippen molar-refractivity contribution in [1.29, 1.82) is 0 Å². The lowest BCUT2D eigenvalue weighted by molar-refractivity contribution is -0.139. The standard InChI is InChI=1S/C23H27FN4O3/c24-18-6-1-4-17(14-18)20(22(29)30)15-28-13-12-27(23(28)31)11-3-7-19-9-8-16-5-2-10-25-21(16)26-19/h1,4,6,8-9,14,20H,2-3,5,7,10-13,15H2,(H,25,26)(H,29,30)/t20-/m1/s1. The molecule has 1 aromatic carbocycles. The van der Waals surface area contributed by atoms with Gasteiger partial charge in [0.2, 0.25) is 0 Å². The van der Waals surface area contributed by atoms with Gasteiger partial charge < -0.3 is 20.2 Å². The fourth-order valence-corrected chi connectivity index (χ4v) is 4.24. The number of aliphatic carboxylic acids is 1. The lowest BCUT2D eigenvalue weighted by atomic mass is 9.98. The molecule has 2 amide bonds. The van der Waals surface area contributed by atoms with Crippen LogP contribution in [0, 0.1) is 5.82 Å². The monoisotopic (exact) mass is 426 g/mol. The number of aryl methyl sites for hydroxylation is 2. The van der Waals surface area contributed by atoms with Gasteiger partial charge in [-0.1, -0.05) is 18.2 Å². The number of halogens is 1. The molecule has 164 valence electrons. The third-order valence-electron chi connectivity index (χ3n) is 5.95. The fraction of sp³-hybridized carbons (Fsp3) is 0.435. The van der Waals surface area contributed by atoms with Gasteiger partial charge in [-0.2, -0.15) is 0 Å². The van der Waals surface area contributed by atoms with Crippen LogP contribution in [0.4, 0.5) is 15.0 Å². The number of carboxylic acid groups (broad SMARTS) is 1. The number of pyridine rings is 1. The van der Waals surface area contributed by atoms with Crippen molar-refractivity contribution < 1.29 is 19.1 Å². The molecular weight excluding hydrogens is 399 g/mol. The normalized spacial score (nSPS) is 16.7. The minimum absolute atomic E-state index is 0.0339. The van der Waals surface area contributed by atoms with Gasteiger partial charge >= 0.3 is 12.0 Å². The Balaban J connectivity index is 1.31. The number of aromatic nitrogens is 1. The second-order valence-corrected chi connectivity index (χ2v) is 8.11. The molecule has 0 unspecified atom stereocenters. The van der Waals surface area contributed by atoms with Crippen molar-refractivity contribution >= 4 is 17.8 Å². The Morgan fingerprint density at radius 3 is 2.87 bits per heavy atom. The molecule has 0 saturated carbocycles. The quantitative estimate of drug-likeness (QED) is 0.678. The lowest BCUT2D eigenvalue weighted by Crippen LogP contribution is -2.36. The highest BCUT2D eigenvalue weighted by Crippen LogP contribution is 2.22. The topological polar surface area (TPSA) is 85.8 Å². The van der Waals surface area contributed by atoms with Crippen LogP contribution in [0.5, 0.6) is 0 Å². The number of carboxylic acids is 1. The summed E-state index contributed by atoms with van der Waals surface area (Å²) in [6.07, 6.45) is 3.75. The van der Waals surface area contributed by atoms with Crippen molar-refractivity contribution in [1.82, 2.24) is 14.8 Å². The molecule has 1 atom stereocenters. The van der Waals surface area contributed by atoms with Crippen LogP contribution < -0.4 is 5.32 Å². The number of benzene rings is 1. The molecule has 31 heavy (non-hydrogen) atoms. The number of carbonyl (C=O) groups excluding carboxylic acids is 1.